The lowest BCUT2D eigenvalue weighted by Gasteiger charge is -2.27. The van der Waals surface area contributed by atoms with Crippen LogP contribution in [0.1, 0.15) is 44.2 Å². The number of fused-ring (bicyclic) bond motifs is 2. The number of halogens is 3. The first-order chi connectivity index (χ1) is 9.04. The first-order valence-corrected chi connectivity index (χ1v) is 7.70. The summed E-state index contributed by atoms with van der Waals surface area (Å²) in [4.78, 5) is 0. The monoisotopic (exact) mass is 301 g/mol. The predicted molar refractivity (Wildman–Crippen MR) is 77.2 cm³/mol. The van der Waals surface area contributed by atoms with Gasteiger partial charge in [-0.2, -0.15) is 0 Å². The number of hydrogen-bond acceptors (Lipinski definition) is 1. The van der Waals surface area contributed by atoms with E-state index in [1.165, 1.54) is 37.8 Å². The van der Waals surface area contributed by atoms with Gasteiger partial charge >= 0.3 is 0 Å². The SMILES string of the molecule is CC(NC1CC2CCC1C2)c1cc(F)c(Cl)cc1Cl. The minimum Gasteiger partial charge on any atom is -0.307 e. The third kappa shape index (κ3) is 2.63. The van der Waals surface area contributed by atoms with Crippen molar-refractivity contribution >= 4 is 23.2 Å². The van der Waals surface area contributed by atoms with E-state index in [-0.39, 0.29) is 11.1 Å². The summed E-state index contributed by atoms with van der Waals surface area (Å²) in [7, 11) is 0. The Bertz CT molecular complexity index is 491. The maximum absolute atomic E-state index is 13.6. The number of hydrogen-bond donors (Lipinski definition) is 1. The molecule has 4 atom stereocenters. The van der Waals surface area contributed by atoms with Gasteiger partial charge < -0.3 is 5.32 Å². The van der Waals surface area contributed by atoms with Gasteiger partial charge in [-0.3, -0.25) is 0 Å². The molecule has 0 aromatic heterocycles. The Balaban J connectivity index is 1.73. The van der Waals surface area contributed by atoms with Crippen molar-refractivity contribution < 1.29 is 4.39 Å². The van der Waals surface area contributed by atoms with Crippen LogP contribution in [0.3, 0.4) is 0 Å². The Morgan fingerprint density at radius 1 is 1.21 bits per heavy atom. The van der Waals surface area contributed by atoms with Crippen LogP contribution in [0.4, 0.5) is 4.39 Å². The molecule has 2 aliphatic rings. The van der Waals surface area contributed by atoms with Crippen molar-refractivity contribution in [2.75, 3.05) is 0 Å². The standard InChI is InChI=1S/C15H18Cl2FN/c1-8(11-6-14(18)13(17)7-12(11)16)19-15-5-9-2-3-10(15)4-9/h6-10,15,19H,2-5H2,1H3. The summed E-state index contributed by atoms with van der Waals surface area (Å²) >= 11 is 11.9. The normalized spacial score (nSPS) is 30.8. The van der Waals surface area contributed by atoms with Gasteiger partial charge in [-0.1, -0.05) is 29.6 Å². The van der Waals surface area contributed by atoms with E-state index >= 15 is 0 Å². The van der Waals surface area contributed by atoms with Crippen LogP contribution in [0.15, 0.2) is 12.1 Å². The number of rotatable bonds is 3. The Labute approximate surface area is 123 Å². The lowest BCUT2D eigenvalue weighted by atomic mass is 9.94. The fraction of sp³-hybridized carbons (Fsp3) is 0.600. The summed E-state index contributed by atoms with van der Waals surface area (Å²) in [6, 6.07) is 3.56. The summed E-state index contributed by atoms with van der Waals surface area (Å²) in [5.41, 5.74) is 0.798. The maximum Gasteiger partial charge on any atom is 0.142 e. The van der Waals surface area contributed by atoms with Crippen molar-refractivity contribution in [3.63, 3.8) is 0 Å². The van der Waals surface area contributed by atoms with Gasteiger partial charge in [0.05, 0.1) is 5.02 Å². The number of benzene rings is 1. The molecule has 0 heterocycles. The minimum atomic E-state index is -0.400. The van der Waals surface area contributed by atoms with Gasteiger partial charge in [0.1, 0.15) is 5.82 Å². The molecule has 0 aliphatic heterocycles. The predicted octanol–water partition coefficient (Wildman–Crippen LogP) is 4.97. The molecule has 4 unspecified atom stereocenters. The van der Waals surface area contributed by atoms with Crippen molar-refractivity contribution in [3.8, 4) is 0 Å². The van der Waals surface area contributed by atoms with Crippen molar-refractivity contribution in [1.82, 2.24) is 5.32 Å². The lowest BCUT2D eigenvalue weighted by Crippen LogP contribution is -2.35. The fourth-order valence-electron chi connectivity index (χ4n) is 3.73. The van der Waals surface area contributed by atoms with Crippen LogP contribution < -0.4 is 5.32 Å². The summed E-state index contributed by atoms with van der Waals surface area (Å²) < 4.78 is 13.6. The summed E-state index contributed by atoms with van der Waals surface area (Å²) in [6.45, 7) is 2.04. The molecule has 4 heteroatoms. The maximum atomic E-state index is 13.6. The Hall–Kier alpha value is -0.310. The average Bonchev–Trinajstić information content (AvgIpc) is 2.95. The van der Waals surface area contributed by atoms with Crippen LogP contribution in [0.25, 0.3) is 0 Å². The second kappa shape index (κ2) is 5.23. The van der Waals surface area contributed by atoms with Gasteiger partial charge in [0.15, 0.2) is 0 Å². The van der Waals surface area contributed by atoms with Crippen LogP contribution >= 0.6 is 23.2 Å². The van der Waals surface area contributed by atoms with Gasteiger partial charge in [-0.15, -0.1) is 0 Å². The zero-order valence-corrected chi connectivity index (χ0v) is 12.4. The number of nitrogens with one attached hydrogen (secondary N) is 1. The Morgan fingerprint density at radius 3 is 2.63 bits per heavy atom. The molecule has 0 amide bonds. The topological polar surface area (TPSA) is 12.0 Å². The van der Waals surface area contributed by atoms with Gasteiger partial charge in [0, 0.05) is 17.1 Å². The highest BCUT2D eigenvalue weighted by Gasteiger charge is 2.39. The van der Waals surface area contributed by atoms with Crippen LogP contribution in [0.2, 0.25) is 10.0 Å². The molecule has 1 N–H and O–H groups in total. The van der Waals surface area contributed by atoms with E-state index in [0.29, 0.717) is 11.1 Å². The van der Waals surface area contributed by atoms with E-state index in [1.807, 2.05) is 6.92 Å². The largest absolute Gasteiger partial charge is 0.307 e. The molecule has 2 fully saturated rings. The van der Waals surface area contributed by atoms with Gasteiger partial charge in [0.25, 0.3) is 0 Å². The molecule has 2 bridgehead atoms. The zero-order chi connectivity index (χ0) is 13.6. The van der Waals surface area contributed by atoms with Crippen molar-refractivity contribution in [3.05, 3.63) is 33.6 Å². The van der Waals surface area contributed by atoms with Crippen LogP contribution in [0, 0.1) is 17.7 Å². The van der Waals surface area contributed by atoms with Crippen LogP contribution in [-0.2, 0) is 0 Å². The highest BCUT2D eigenvalue weighted by Crippen LogP contribution is 2.45. The second-order valence-corrected chi connectivity index (χ2v) is 6.77. The van der Waals surface area contributed by atoms with Gasteiger partial charge in [-0.25, -0.2) is 4.39 Å². The van der Waals surface area contributed by atoms with E-state index in [1.54, 1.807) is 0 Å². The first kappa shape index (κ1) is 13.7. The van der Waals surface area contributed by atoms with Crippen molar-refractivity contribution in [2.45, 2.75) is 44.7 Å². The molecule has 1 nitrogen and oxygen atoms in total. The van der Waals surface area contributed by atoms with Gasteiger partial charge in [-0.05, 0) is 55.7 Å². The third-order valence-corrected chi connectivity index (χ3v) is 5.33. The molecule has 1 aromatic rings. The molecular weight excluding hydrogens is 284 g/mol. The molecule has 3 rings (SSSR count). The Morgan fingerprint density at radius 2 is 2.00 bits per heavy atom. The van der Waals surface area contributed by atoms with Gasteiger partial charge in [0.2, 0.25) is 0 Å². The fourth-order valence-corrected chi connectivity index (χ4v) is 4.28. The van der Waals surface area contributed by atoms with Crippen molar-refractivity contribution in [2.24, 2.45) is 11.8 Å². The van der Waals surface area contributed by atoms with E-state index in [0.717, 1.165) is 17.4 Å². The third-order valence-electron chi connectivity index (χ3n) is 4.71. The minimum absolute atomic E-state index is 0.0589. The Kier molecular flexibility index (Phi) is 3.76. The summed E-state index contributed by atoms with van der Waals surface area (Å²) in [5.74, 6) is 1.29. The molecule has 2 aliphatic carbocycles. The van der Waals surface area contributed by atoms with Crippen LogP contribution in [-0.4, -0.2) is 6.04 Å². The molecule has 0 saturated heterocycles. The molecule has 2 saturated carbocycles. The molecule has 0 radical (unpaired) electrons. The molecule has 19 heavy (non-hydrogen) atoms. The zero-order valence-electron chi connectivity index (χ0n) is 10.9. The van der Waals surface area contributed by atoms with E-state index in [4.69, 9.17) is 23.2 Å². The molecular formula is C15H18Cl2FN. The van der Waals surface area contributed by atoms with E-state index < -0.39 is 5.82 Å². The van der Waals surface area contributed by atoms with E-state index in [9.17, 15) is 4.39 Å². The highest BCUT2D eigenvalue weighted by atomic mass is 35.5. The van der Waals surface area contributed by atoms with Crippen LogP contribution in [0.5, 0.6) is 0 Å². The summed E-state index contributed by atoms with van der Waals surface area (Å²) in [6.07, 6.45) is 5.32. The van der Waals surface area contributed by atoms with E-state index in [2.05, 4.69) is 5.32 Å². The quantitative estimate of drug-likeness (QED) is 0.777. The molecule has 0 spiro atoms. The average molecular weight is 302 g/mol. The first-order valence-electron chi connectivity index (χ1n) is 6.95. The smallest absolute Gasteiger partial charge is 0.142 e. The highest BCUT2D eigenvalue weighted by molar-refractivity contribution is 6.35. The molecule has 104 valence electrons. The lowest BCUT2D eigenvalue weighted by molar-refractivity contribution is 0.327. The van der Waals surface area contributed by atoms with Crippen molar-refractivity contribution in [1.29, 1.82) is 0 Å². The molecule has 1 aromatic carbocycles. The second-order valence-electron chi connectivity index (χ2n) is 5.96. The summed E-state index contributed by atoms with van der Waals surface area (Å²) in [5, 5.41) is 4.24.